The molecular formula is C13H18N2. The van der Waals surface area contributed by atoms with E-state index in [1.165, 1.54) is 5.56 Å². The number of nitrogens with one attached hydrogen (secondary N) is 1. The Balaban J connectivity index is 2.88. The first-order valence-corrected chi connectivity index (χ1v) is 5.31. The molecule has 0 spiro atoms. The number of aromatic nitrogens is 1. The van der Waals surface area contributed by atoms with Crippen molar-refractivity contribution in [1.82, 2.24) is 10.3 Å². The molecule has 2 heteroatoms. The summed E-state index contributed by atoms with van der Waals surface area (Å²) in [5.41, 5.74) is 3.29. The van der Waals surface area contributed by atoms with Crippen molar-refractivity contribution in [2.24, 2.45) is 0 Å². The first-order chi connectivity index (χ1) is 7.19. The Bertz CT molecular complexity index is 363. The highest BCUT2D eigenvalue weighted by atomic mass is 14.9. The minimum atomic E-state index is -0.0643. The molecule has 15 heavy (non-hydrogen) atoms. The van der Waals surface area contributed by atoms with Gasteiger partial charge in [0, 0.05) is 6.20 Å². The van der Waals surface area contributed by atoms with E-state index in [9.17, 15) is 0 Å². The largest absolute Gasteiger partial charge is 0.299 e. The molecule has 1 N–H and O–H groups in total. The van der Waals surface area contributed by atoms with Crippen LogP contribution < -0.4 is 5.32 Å². The summed E-state index contributed by atoms with van der Waals surface area (Å²) in [5.74, 6) is 2.74. The summed E-state index contributed by atoms with van der Waals surface area (Å²) in [7, 11) is 0. The van der Waals surface area contributed by atoms with E-state index >= 15 is 0 Å². The Kier molecular flexibility index (Phi) is 4.33. The highest BCUT2D eigenvalue weighted by molar-refractivity contribution is 5.29. The van der Waals surface area contributed by atoms with Gasteiger partial charge in [0.1, 0.15) is 6.04 Å². The molecule has 0 amide bonds. The van der Waals surface area contributed by atoms with Crippen LogP contribution in [0.4, 0.5) is 0 Å². The molecule has 0 aliphatic carbocycles. The minimum absolute atomic E-state index is 0.0643. The maximum atomic E-state index is 5.50. The molecule has 1 heterocycles. The normalized spacial score (nSPS) is 12.1. The van der Waals surface area contributed by atoms with Crippen LogP contribution in [0.3, 0.4) is 0 Å². The smallest absolute Gasteiger partial charge is 0.112 e. The van der Waals surface area contributed by atoms with Crippen LogP contribution in [0.1, 0.15) is 36.2 Å². The molecule has 0 fully saturated rings. The molecule has 0 aliphatic heterocycles. The molecule has 0 saturated heterocycles. The lowest BCUT2D eigenvalue weighted by Crippen LogP contribution is -2.22. The quantitative estimate of drug-likeness (QED) is 0.758. The van der Waals surface area contributed by atoms with E-state index in [0.29, 0.717) is 0 Å². The maximum Gasteiger partial charge on any atom is 0.112 e. The zero-order chi connectivity index (χ0) is 11.3. The number of pyridine rings is 1. The summed E-state index contributed by atoms with van der Waals surface area (Å²) in [4.78, 5) is 4.40. The van der Waals surface area contributed by atoms with Crippen molar-refractivity contribution in [3.8, 4) is 12.3 Å². The molecule has 0 aromatic carbocycles. The lowest BCUT2D eigenvalue weighted by molar-refractivity contribution is 0.611. The summed E-state index contributed by atoms with van der Waals surface area (Å²) in [6.07, 6.45) is 8.43. The van der Waals surface area contributed by atoms with Crippen LogP contribution in [0.5, 0.6) is 0 Å². The van der Waals surface area contributed by atoms with Gasteiger partial charge < -0.3 is 0 Å². The molecule has 2 nitrogen and oxygen atoms in total. The van der Waals surface area contributed by atoms with Crippen molar-refractivity contribution in [1.29, 1.82) is 0 Å². The van der Waals surface area contributed by atoms with Gasteiger partial charge in [-0.2, -0.15) is 0 Å². The van der Waals surface area contributed by atoms with Gasteiger partial charge in [-0.05, 0) is 37.9 Å². The average Bonchev–Trinajstić information content (AvgIpc) is 2.21. The molecule has 0 aliphatic rings. The van der Waals surface area contributed by atoms with Crippen LogP contribution in [0.2, 0.25) is 0 Å². The molecule has 1 atom stereocenters. The third kappa shape index (κ3) is 3.07. The van der Waals surface area contributed by atoms with Crippen LogP contribution in [0.25, 0.3) is 0 Å². The highest BCUT2D eigenvalue weighted by Crippen LogP contribution is 2.15. The van der Waals surface area contributed by atoms with Gasteiger partial charge in [0.15, 0.2) is 0 Å². The zero-order valence-electron chi connectivity index (χ0n) is 9.67. The Hall–Kier alpha value is -1.33. The van der Waals surface area contributed by atoms with E-state index in [1.54, 1.807) is 0 Å². The van der Waals surface area contributed by atoms with Crippen molar-refractivity contribution in [2.45, 2.75) is 33.2 Å². The summed E-state index contributed by atoms with van der Waals surface area (Å²) in [5, 5.41) is 3.30. The Labute approximate surface area is 92.1 Å². The fraction of sp³-hybridized carbons (Fsp3) is 0.462. The fourth-order valence-electron chi connectivity index (χ4n) is 1.55. The number of nitrogens with zero attached hydrogens (tertiary/aromatic N) is 1. The molecule has 80 valence electrons. The molecule has 1 aromatic rings. The number of hydrogen-bond acceptors (Lipinski definition) is 2. The zero-order valence-corrected chi connectivity index (χ0v) is 9.67. The van der Waals surface area contributed by atoms with E-state index in [4.69, 9.17) is 6.42 Å². The molecule has 1 rings (SSSR count). The van der Waals surface area contributed by atoms with Crippen LogP contribution in [0.15, 0.2) is 12.3 Å². The molecule has 0 bridgehead atoms. The predicted molar refractivity (Wildman–Crippen MR) is 63.6 cm³/mol. The summed E-state index contributed by atoms with van der Waals surface area (Å²) < 4.78 is 0. The monoisotopic (exact) mass is 202 g/mol. The first-order valence-electron chi connectivity index (χ1n) is 5.31. The van der Waals surface area contributed by atoms with E-state index < -0.39 is 0 Å². The lowest BCUT2D eigenvalue weighted by Gasteiger charge is -2.14. The average molecular weight is 202 g/mol. The first kappa shape index (κ1) is 11.7. The van der Waals surface area contributed by atoms with Crippen LogP contribution in [-0.2, 0) is 0 Å². The Morgan fingerprint density at radius 1 is 1.53 bits per heavy atom. The van der Waals surface area contributed by atoms with Crippen molar-refractivity contribution in [3.05, 3.63) is 29.1 Å². The Morgan fingerprint density at radius 2 is 2.27 bits per heavy atom. The van der Waals surface area contributed by atoms with Gasteiger partial charge in [-0.25, -0.2) is 0 Å². The van der Waals surface area contributed by atoms with E-state index in [2.05, 4.69) is 29.2 Å². The van der Waals surface area contributed by atoms with E-state index in [-0.39, 0.29) is 6.04 Å². The van der Waals surface area contributed by atoms with E-state index in [0.717, 1.165) is 24.2 Å². The van der Waals surface area contributed by atoms with Crippen LogP contribution >= 0.6 is 0 Å². The van der Waals surface area contributed by atoms with Gasteiger partial charge in [-0.1, -0.05) is 18.9 Å². The summed E-state index contributed by atoms with van der Waals surface area (Å²) in [6.45, 7) is 7.13. The van der Waals surface area contributed by atoms with Gasteiger partial charge >= 0.3 is 0 Å². The van der Waals surface area contributed by atoms with Crippen molar-refractivity contribution < 1.29 is 0 Å². The minimum Gasteiger partial charge on any atom is -0.299 e. The number of terminal acetylenes is 1. The standard InChI is InChI=1S/C13H18N2/c1-5-7-14-12(6-2)13-11(4)8-10(3)9-15-13/h2,8-9,12,14H,5,7H2,1,3-4H3. The molecule has 0 saturated carbocycles. The Morgan fingerprint density at radius 3 is 2.80 bits per heavy atom. The fourth-order valence-corrected chi connectivity index (χ4v) is 1.55. The van der Waals surface area contributed by atoms with Gasteiger partial charge in [0.05, 0.1) is 5.69 Å². The second kappa shape index (κ2) is 5.53. The number of rotatable bonds is 4. The van der Waals surface area contributed by atoms with Crippen LogP contribution in [-0.4, -0.2) is 11.5 Å². The third-order valence-electron chi connectivity index (χ3n) is 2.29. The molecule has 1 unspecified atom stereocenters. The second-order valence-electron chi connectivity index (χ2n) is 3.77. The topological polar surface area (TPSA) is 24.9 Å². The van der Waals surface area contributed by atoms with Crippen LogP contribution in [0, 0.1) is 26.2 Å². The van der Waals surface area contributed by atoms with E-state index in [1.807, 2.05) is 20.0 Å². The van der Waals surface area contributed by atoms with Gasteiger partial charge in [0.25, 0.3) is 0 Å². The van der Waals surface area contributed by atoms with Crippen molar-refractivity contribution >= 4 is 0 Å². The van der Waals surface area contributed by atoms with Gasteiger partial charge in [0.2, 0.25) is 0 Å². The predicted octanol–water partition coefficient (Wildman–Crippen LogP) is 2.37. The number of aryl methyl sites for hydroxylation is 2. The summed E-state index contributed by atoms with van der Waals surface area (Å²) >= 11 is 0. The summed E-state index contributed by atoms with van der Waals surface area (Å²) in [6, 6.07) is 2.05. The van der Waals surface area contributed by atoms with Gasteiger partial charge in [-0.3, -0.25) is 10.3 Å². The lowest BCUT2D eigenvalue weighted by atomic mass is 10.1. The third-order valence-corrected chi connectivity index (χ3v) is 2.29. The van der Waals surface area contributed by atoms with Gasteiger partial charge in [-0.15, -0.1) is 6.42 Å². The van der Waals surface area contributed by atoms with Crippen molar-refractivity contribution in [2.75, 3.05) is 6.54 Å². The molecule has 0 radical (unpaired) electrons. The molecular weight excluding hydrogens is 184 g/mol. The second-order valence-corrected chi connectivity index (χ2v) is 3.77. The SMILES string of the molecule is C#CC(NCCC)c1ncc(C)cc1C. The number of hydrogen-bond donors (Lipinski definition) is 1. The molecule has 1 aromatic heterocycles. The van der Waals surface area contributed by atoms with Crippen molar-refractivity contribution in [3.63, 3.8) is 0 Å². The maximum absolute atomic E-state index is 5.50. The highest BCUT2D eigenvalue weighted by Gasteiger charge is 2.11.